The Morgan fingerprint density at radius 2 is 2.24 bits per heavy atom. The number of aromatic nitrogens is 2. The van der Waals surface area contributed by atoms with Gasteiger partial charge in [-0.15, -0.1) is 0 Å². The van der Waals surface area contributed by atoms with Crippen LogP contribution < -0.4 is 11.2 Å². The second kappa shape index (κ2) is 6.99. The monoisotopic (exact) mass is 300 g/mol. The van der Waals surface area contributed by atoms with Crippen molar-refractivity contribution >= 4 is 0 Å². The lowest BCUT2D eigenvalue weighted by Crippen LogP contribution is -2.35. The maximum absolute atomic E-state index is 11.9. The lowest BCUT2D eigenvalue weighted by Gasteiger charge is -2.21. The van der Waals surface area contributed by atoms with Crippen molar-refractivity contribution in [3.63, 3.8) is 0 Å². The highest BCUT2D eigenvalue weighted by molar-refractivity contribution is 4.92. The summed E-state index contributed by atoms with van der Waals surface area (Å²) in [5, 5.41) is 19.5. The van der Waals surface area contributed by atoms with E-state index >= 15 is 0 Å². The molecule has 118 valence electrons. The zero-order chi connectivity index (χ0) is 15.4. The van der Waals surface area contributed by atoms with Crippen molar-refractivity contribution < 1.29 is 19.7 Å². The van der Waals surface area contributed by atoms with Crippen molar-refractivity contribution in [3.05, 3.63) is 33.1 Å². The van der Waals surface area contributed by atoms with E-state index in [1.165, 1.54) is 16.8 Å². The van der Waals surface area contributed by atoms with Crippen LogP contribution >= 0.6 is 0 Å². The summed E-state index contributed by atoms with van der Waals surface area (Å²) in [6.07, 6.45) is 0.243. The van der Waals surface area contributed by atoms with Gasteiger partial charge in [0.15, 0.2) is 0 Å². The highest BCUT2D eigenvalue weighted by Gasteiger charge is 2.44. The van der Waals surface area contributed by atoms with Crippen molar-refractivity contribution in [2.75, 3.05) is 20.3 Å². The Morgan fingerprint density at radius 1 is 1.48 bits per heavy atom. The number of hydrogen-bond donors (Lipinski definition) is 3. The second-order valence-corrected chi connectivity index (χ2v) is 5.05. The maximum Gasteiger partial charge on any atom is 0.330 e. The van der Waals surface area contributed by atoms with E-state index in [0.29, 0.717) is 19.4 Å². The average Bonchev–Trinajstić information content (AvgIpc) is 2.76. The van der Waals surface area contributed by atoms with Gasteiger partial charge in [0.1, 0.15) is 12.3 Å². The molecule has 0 aromatic carbocycles. The van der Waals surface area contributed by atoms with Gasteiger partial charge in [-0.3, -0.25) is 14.3 Å². The van der Waals surface area contributed by atoms with E-state index in [4.69, 9.17) is 9.47 Å². The summed E-state index contributed by atoms with van der Waals surface area (Å²) >= 11 is 0. The fourth-order valence-electron chi connectivity index (χ4n) is 2.63. The highest BCUT2D eigenvalue weighted by Crippen LogP contribution is 2.36. The quantitative estimate of drug-likeness (QED) is 0.570. The van der Waals surface area contributed by atoms with Gasteiger partial charge >= 0.3 is 5.69 Å². The van der Waals surface area contributed by atoms with E-state index in [2.05, 4.69) is 4.98 Å². The molecule has 0 spiro atoms. The molecular formula is C13H20N2O6. The molecule has 0 radical (unpaired) electrons. The fourth-order valence-corrected chi connectivity index (χ4v) is 2.63. The molecule has 1 aliphatic heterocycles. The number of hydrogen-bond acceptors (Lipinski definition) is 6. The molecule has 8 nitrogen and oxygen atoms in total. The summed E-state index contributed by atoms with van der Waals surface area (Å²) in [7, 11) is 1.59. The van der Waals surface area contributed by atoms with Crippen LogP contribution in [0.15, 0.2) is 21.9 Å². The van der Waals surface area contributed by atoms with Crippen LogP contribution in [0.1, 0.15) is 19.1 Å². The van der Waals surface area contributed by atoms with Gasteiger partial charge in [0.05, 0.1) is 12.7 Å². The van der Waals surface area contributed by atoms with Crippen molar-refractivity contribution in [2.45, 2.75) is 31.3 Å². The summed E-state index contributed by atoms with van der Waals surface area (Å²) < 4.78 is 11.8. The number of aromatic amines is 1. The molecule has 1 fully saturated rings. The van der Waals surface area contributed by atoms with E-state index in [1.807, 2.05) is 0 Å². The molecule has 8 heteroatoms. The number of ether oxygens (including phenoxy) is 2. The Bertz CT molecular complexity index is 568. The van der Waals surface area contributed by atoms with E-state index < -0.39 is 29.7 Å². The molecule has 0 saturated carbocycles. The van der Waals surface area contributed by atoms with Crippen LogP contribution in [0.3, 0.4) is 0 Å². The normalized spacial score (nSPS) is 28.9. The molecule has 0 amide bonds. The fraction of sp³-hybridized carbons (Fsp3) is 0.692. The van der Waals surface area contributed by atoms with Gasteiger partial charge < -0.3 is 19.7 Å². The van der Waals surface area contributed by atoms with Crippen molar-refractivity contribution in [1.29, 1.82) is 0 Å². The number of methoxy groups -OCH3 is 1. The standard InChI is InChI=1S/C13H20N2O6/c1-20-6-2-3-8-11(18)9(7-16)21-12(8)15-5-4-10(17)14-13(15)19/h4-5,8-9,11-12,16,18H,2-3,6-7H2,1H3,(H,14,17,19). The summed E-state index contributed by atoms with van der Waals surface area (Å²) in [5.74, 6) is -0.360. The van der Waals surface area contributed by atoms with E-state index in [0.717, 1.165) is 0 Å². The summed E-state index contributed by atoms with van der Waals surface area (Å²) in [6, 6.07) is 1.22. The summed E-state index contributed by atoms with van der Waals surface area (Å²) in [4.78, 5) is 25.1. The Balaban J connectivity index is 2.25. The van der Waals surface area contributed by atoms with Gasteiger partial charge in [0.2, 0.25) is 0 Å². The first-order valence-corrected chi connectivity index (χ1v) is 6.83. The van der Waals surface area contributed by atoms with Gasteiger partial charge in [-0.05, 0) is 12.8 Å². The predicted molar refractivity (Wildman–Crippen MR) is 72.9 cm³/mol. The molecule has 0 aliphatic carbocycles. The SMILES string of the molecule is COCCCC1C(O)C(CO)OC1n1ccc(=O)[nH]c1=O. The Kier molecular flexibility index (Phi) is 5.29. The van der Waals surface area contributed by atoms with Crippen LogP contribution in [0, 0.1) is 5.92 Å². The smallest absolute Gasteiger partial charge is 0.330 e. The molecule has 4 unspecified atom stereocenters. The van der Waals surface area contributed by atoms with Crippen molar-refractivity contribution in [3.8, 4) is 0 Å². The number of rotatable bonds is 6. The molecule has 3 N–H and O–H groups in total. The van der Waals surface area contributed by atoms with Gasteiger partial charge in [-0.25, -0.2) is 4.79 Å². The van der Waals surface area contributed by atoms with Crippen LogP contribution in [0.25, 0.3) is 0 Å². The number of aliphatic hydroxyl groups is 2. The van der Waals surface area contributed by atoms with E-state index in [1.54, 1.807) is 7.11 Å². The van der Waals surface area contributed by atoms with Crippen LogP contribution in [0.5, 0.6) is 0 Å². The maximum atomic E-state index is 11.9. The average molecular weight is 300 g/mol. The minimum atomic E-state index is -0.879. The van der Waals surface area contributed by atoms with Gasteiger partial charge in [-0.2, -0.15) is 0 Å². The number of H-pyrrole nitrogens is 1. The first-order chi connectivity index (χ1) is 10.1. The van der Waals surface area contributed by atoms with Crippen LogP contribution in [0.4, 0.5) is 0 Å². The molecule has 1 aliphatic rings. The Hall–Kier alpha value is -1.48. The van der Waals surface area contributed by atoms with Crippen molar-refractivity contribution in [2.24, 2.45) is 5.92 Å². The van der Waals surface area contributed by atoms with Crippen LogP contribution in [0.2, 0.25) is 0 Å². The minimum Gasteiger partial charge on any atom is -0.394 e. The zero-order valence-corrected chi connectivity index (χ0v) is 11.8. The molecule has 4 atom stereocenters. The van der Waals surface area contributed by atoms with Crippen LogP contribution in [-0.2, 0) is 9.47 Å². The third kappa shape index (κ3) is 3.41. The van der Waals surface area contributed by atoms with Crippen molar-refractivity contribution in [1.82, 2.24) is 9.55 Å². The minimum absolute atomic E-state index is 0.337. The zero-order valence-electron chi connectivity index (χ0n) is 11.8. The number of nitrogens with zero attached hydrogens (tertiary/aromatic N) is 1. The first kappa shape index (κ1) is 15.9. The molecule has 2 heterocycles. The molecule has 1 aromatic heterocycles. The van der Waals surface area contributed by atoms with E-state index in [-0.39, 0.29) is 12.5 Å². The largest absolute Gasteiger partial charge is 0.394 e. The summed E-state index contributed by atoms with van der Waals surface area (Å²) in [5.41, 5.74) is -1.10. The molecule has 1 saturated heterocycles. The third-order valence-electron chi connectivity index (χ3n) is 3.69. The lowest BCUT2D eigenvalue weighted by molar-refractivity contribution is -0.0484. The first-order valence-electron chi connectivity index (χ1n) is 6.83. The Labute approximate surface area is 120 Å². The van der Waals surface area contributed by atoms with E-state index in [9.17, 15) is 19.8 Å². The van der Waals surface area contributed by atoms with Gasteiger partial charge in [-0.1, -0.05) is 0 Å². The molecule has 1 aromatic rings. The topological polar surface area (TPSA) is 114 Å². The van der Waals surface area contributed by atoms with Gasteiger partial charge in [0, 0.05) is 31.9 Å². The Morgan fingerprint density at radius 3 is 2.86 bits per heavy atom. The molecular weight excluding hydrogens is 280 g/mol. The second-order valence-electron chi connectivity index (χ2n) is 5.05. The lowest BCUT2D eigenvalue weighted by atomic mass is 9.94. The van der Waals surface area contributed by atoms with Gasteiger partial charge in [0.25, 0.3) is 5.56 Å². The highest BCUT2D eigenvalue weighted by atomic mass is 16.5. The summed E-state index contributed by atoms with van der Waals surface area (Å²) in [6.45, 7) is 0.191. The molecule has 21 heavy (non-hydrogen) atoms. The molecule has 0 bridgehead atoms. The number of aliphatic hydroxyl groups excluding tert-OH is 2. The predicted octanol–water partition coefficient (Wildman–Crippen LogP) is -1.17. The third-order valence-corrected chi connectivity index (χ3v) is 3.69. The van der Waals surface area contributed by atoms with Crippen LogP contribution in [-0.4, -0.2) is 52.3 Å². The number of nitrogens with one attached hydrogen (secondary N) is 1. The molecule has 2 rings (SSSR count).